The van der Waals surface area contributed by atoms with Gasteiger partial charge in [-0.2, -0.15) is 0 Å². The highest BCUT2D eigenvalue weighted by atomic mass is 127. The third-order valence-corrected chi connectivity index (χ3v) is 5.31. The molecule has 9 heteroatoms. The molecule has 0 aliphatic carbocycles. The molecular weight excluding hydrogens is 491 g/mol. The predicted octanol–water partition coefficient (Wildman–Crippen LogP) is 2.44. The van der Waals surface area contributed by atoms with Gasteiger partial charge in [-0.1, -0.05) is 6.07 Å². The van der Waals surface area contributed by atoms with Gasteiger partial charge in [0.1, 0.15) is 17.3 Å². The van der Waals surface area contributed by atoms with Crippen molar-refractivity contribution in [3.05, 3.63) is 29.8 Å². The molecule has 164 valence electrons. The van der Waals surface area contributed by atoms with Gasteiger partial charge in [0.2, 0.25) is 0 Å². The van der Waals surface area contributed by atoms with Gasteiger partial charge < -0.3 is 20.3 Å². The summed E-state index contributed by atoms with van der Waals surface area (Å²) in [7, 11) is 0. The number of rotatable bonds is 6. The smallest absolute Gasteiger partial charge is 0.191 e. The number of para-hydroxylation sites is 1. The van der Waals surface area contributed by atoms with E-state index in [0.29, 0.717) is 25.7 Å². The molecule has 1 aromatic rings. The summed E-state index contributed by atoms with van der Waals surface area (Å²) in [6.07, 6.45) is 0.803. The number of hydrogen-bond donors (Lipinski definition) is 2. The number of hydrogen-bond acceptors (Lipinski definition) is 4. The largest absolute Gasteiger partial charge is 0.379 e. The molecule has 2 unspecified atom stereocenters. The van der Waals surface area contributed by atoms with Crippen LogP contribution in [-0.2, 0) is 4.74 Å². The number of aliphatic imine (C=N–C) groups is 1. The fraction of sp³-hybridized carbons (Fsp3) is 0.650. The van der Waals surface area contributed by atoms with Crippen LogP contribution in [0.5, 0.6) is 0 Å². The summed E-state index contributed by atoms with van der Waals surface area (Å²) in [4.78, 5) is 8.88. The number of nitrogens with zero attached hydrogens (tertiary/aromatic N) is 3. The van der Waals surface area contributed by atoms with Gasteiger partial charge in [-0.25, -0.2) is 8.78 Å². The second kappa shape index (κ2) is 11.8. The molecule has 3 rings (SSSR count). The quantitative estimate of drug-likeness (QED) is 0.341. The topological polar surface area (TPSA) is 52.1 Å². The average molecular weight is 523 g/mol. The molecule has 1 aromatic carbocycles. The fourth-order valence-corrected chi connectivity index (χ4v) is 3.74. The molecule has 2 saturated heterocycles. The number of anilines is 1. The second-order valence-electron chi connectivity index (χ2n) is 7.36. The lowest BCUT2D eigenvalue weighted by molar-refractivity contribution is 0.0220. The zero-order valence-corrected chi connectivity index (χ0v) is 19.5. The van der Waals surface area contributed by atoms with Crippen molar-refractivity contribution in [2.24, 2.45) is 4.99 Å². The zero-order valence-electron chi connectivity index (χ0n) is 17.2. The number of morpholine rings is 1. The predicted molar refractivity (Wildman–Crippen MR) is 123 cm³/mol. The molecule has 0 bridgehead atoms. The molecule has 29 heavy (non-hydrogen) atoms. The summed E-state index contributed by atoms with van der Waals surface area (Å²) in [6, 6.07) is 4.43. The van der Waals surface area contributed by atoms with Gasteiger partial charge in [0, 0.05) is 44.8 Å². The van der Waals surface area contributed by atoms with Crippen molar-refractivity contribution < 1.29 is 13.5 Å². The van der Waals surface area contributed by atoms with Gasteiger partial charge >= 0.3 is 0 Å². The Hall–Kier alpha value is -1.20. The highest BCUT2D eigenvalue weighted by molar-refractivity contribution is 14.0. The number of halogens is 3. The standard InChI is InChI=1S/C20H31F2N5O.HI/c1-3-23-20(24-13-15(2)26-9-11-28-12-10-26)25-16-7-8-27(14-16)19-17(21)5-4-6-18(19)22;/h4-6,15-16H,3,7-14H2,1-2H3,(H2,23,24,25);1H. The minimum Gasteiger partial charge on any atom is -0.379 e. The molecule has 6 nitrogen and oxygen atoms in total. The summed E-state index contributed by atoms with van der Waals surface area (Å²) in [5.74, 6) is -0.274. The van der Waals surface area contributed by atoms with E-state index in [0.717, 1.165) is 45.2 Å². The minimum absolute atomic E-state index is 0. The van der Waals surface area contributed by atoms with Crippen molar-refractivity contribution in [2.45, 2.75) is 32.4 Å². The van der Waals surface area contributed by atoms with Gasteiger partial charge in [0.25, 0.3) is 0 Å². The lowest BCUT2D eigenvalue weighted by Gasteiger charge is -2.31. The van der Waals surface area contributed by atoms with E-state index in [9.17, 15) is 8.78 Å². The highest BCUT2D eigenvalue weighted by Gasteiger charge is 2.27. The molecule has 0 saturated carbocycles. The Morgan fingerprint density at radius 1 is 1.24 bits per heavy atom. The van der Waals surface area contributed by atoms with E-state index in [4.69, 9.17) is 9.73 Å². The maximum Gasteiger partial charge on any atom is 0.191 e. The lowest BCUT2D eigenvalue weighted by Crippen LogP contribution is -2.46. The lowest BCUT2D eigenvalue weighted by atomic mass is 10.2. The van der Waals surface area contributed by atoms with Crippen molar-refractivity contribution >= 4 is 35.6 Å². The molecule has 2 heterocycles. The molecular formula is C20H32F2IN5O. The third kappa shape index (κ3) is 6.65. The Balaban J connectivity index is 0.00000300. The van der Waals surface area contributed by atoms with E-state index in [1.54, 1.807) is 4.90 Å². The first kappa shape index (κ1) is 24.1. The summed E-state index contributed by atoms with van der Waals surface area (Å²) in [6.45, 7) is 10.2. The van der Waals surface area contributed by atoms with Crippen LogP contribution < -0.4 is 15.5 Å². The number of nitrogens with one attached hydrogen (secondary N) is 2. The van der Waals surface area contributed by atoms with Gasteiger partial charge in [0.05, 0.1) is 19.8 Å². The minimum atomic E-state index is -0.513. The van der Waals surface area contributed by atoms with Gasteiger partial charge in [-0.3, -0.25) is 9.89 Å². The van der Waals surface area contributed by atoms with E-state index in [1.807, 2.05) is 6.92 Å². The Labute approximate surface area is 189 Å². The second-order valence-corrected chi connectivity index (χ2v) is 7.36. The number of guanidine groups is 1. The fourth-order valence-electron chi connectivity index (χ4n) is 3.74. The average Bonchev–Trinajstić information content (AvgIpc) is 3.14. The maximum absolute atomic E-state index is 14.0. The van der Waals surface area contributed by atoms with Crippen LogP contribution in [0, 0.1) is 11.6 Å². The van der Waals surface area contributed by atoms with Gasteiger partial charge in [-0.05, 0) is 32.4 Å². The van der Waals surface area contributed by atoms with Crippen molar-refractivity contribution in [1.82, 2.24) is 15.5 Å². The molecule has 2 fully saturated rings. The number of ether oxygens (including phenoxy) is 1. The van der Waals surface area contributed by atoms with Crippen LogP contribution in [0.15, 0.2) is 23.2 Å². The van der Waals surface area contributed by atoms with Crippen LogP contribution in [0.2, 0.25) is 0 Å². The molecule has 2 atom stereocenters. The molecule has 2 aliphatic heterocycles. The van der Waals surface area contributed by atoms with Crippen LogP contribution >= 0.6 is 24.0 Å². The molecule has 0 radical (unpaired) electrons. The van der Waals surface area contributed by atoms with E-state index < -0.39 is 11.6 Å². The molecule has 2 N–H and O–H groups in total. The van der Waals surface area contributed by atoms with Crippen molar-refractivity contribution in [1.29, 1.82) is 0 Å². The maximum atomic E-state index is 14.0. The summed E-state index contributed by atoms with van der Waals surface area (Å²) >= 11 is 0. The van der Waals surface area contributed by atoms with Crippen LogP contribution in [-0.4, -0.2) is 75.4 Å². The van der Waals surface area contributed by atoms with Crippen molar-refractivity contribution in [3.8, 4) is 0 Å². The third-order valence-electron chi connectivity index (χ3n) is 5.31. The zero-order chi connectivity index (χ0) is 19.9. The Morgan fingerprint density at radius 2 is 1.93 bits per heavy atom. The SMILES string of the molecule is CCNC(=NCC(C)N1CCOCC1)NC1CCN(c2c(F)cccc2F)C1.I. The van der Waals surface area contributed by atoms with Crippen LogP contribution in [0.1, 0.15) is 20.3 Å². The van der Waals surface area contributed by atoms with E-state index in [-0.39, 0.29) is 35.7 Å². The first-order valence-electron chi connectivity index (χ1n) is 10.1. The van der Waals surface area contributed by atoms with Gasteiger partial charge in [-0.15, -0.1) is 24.0 Å². The van der Waals surface area contributed by atoms with E-state index >= 15 is 0 Å². The summed E-state index contributed by atoms with van der Waals surface area (Å²) in [5, 5.41) is 6.70. The van der Waals surface area contributed by atoms with E-state index in [1.165, 1.54) is 18.2 Å². The Bertz CT molecular complexity index is 652. The summed E-state index contributed by atoms with van der Waals surface area (Å²) in [5.41, 5.74) is 0.0645. The Morgan fingerprint density at radius 3 is 2.59 bits per heavy atom. The first-order valence-corrected chi connectivity index (χ1v) is 10.1. The monoisotopic (exact) mass is 523 g/mol. The molecule has 0 spiro atoms. The summed E-state index contributed by atoms with van der Waals surface area (Å²) < 4.78 is 33.5. The molecule has 2 aliphatic rings. The van der Waals surface area contributed by atoms with Crippen molar-refractivity contribution in [2.75, 3.05) is 57.4 Å². The number of benzene rings is 1. The first-order chi connectivity index (χ1) is 13.6. The van der Waals surface area contributed by atoms with Crippen LogP contribution in [0.3, 0.4) is 0 Å². The van der Waals surface area contributed by atoms with Gasteiger partial charge in [0.15, 0.2) is 5.96 Å². The van der Waals surface area contributed by atoms with Crippen LogP contribution in [0.4, 0.5) is 14.5 Å². The molecule has 0 amide bonds. The Kier molecular flexibility index (Phi) is 9.84. The highest BCUT2D eigenvalue weighted by Crippen LogP contribution is 2.26. The molecule has 0 aromatic heterocycles. The normalized spacial score (nSPS) is 21.6. The van der Waals surface area contributed by atoms with Crippen LogP contribution in [0.25, 0.3) is 0 Å². The van der Waals surface area contributed by atoms with E-state index in [2.05, 4.69) is 22.5 Å². The van der Waals surface area contributed by atoms with Crippen molar-refractivity contribution in [3.63, 3.8) is 0 Å².